The van der Waals surface area contributed by atoms with Crippen molar-refractivity contribution in [1.82, 2.24) is 19.4 Å². The van der Waals surface area contributed by atoms with Crippen LogP contribution in [0.5, 0.6) is 0 Å². The van der Waals surface area contributed by atoms with Crippen molar-refractivity contribution in [2.24, 2.45) is 0 Å². The summed E-state index contributed by atoms with van der Waals surface area (Å²) in [6.45, 7) is 4.67. The van der Waals surface area contributed by atoms with Crippen molar-refractivity contribution in [2.75, 3.05) is 6.54 Å². The fraction of sp³-hybridized carbons (Fsp3) is 0.357. The van der Waals surface area contributed by atoms with Gasteiger partial charge < -0.3 is 9.88 Å². The lowest BCUT2D eigenvalue weighted by Gasteiger charge is -2.09. The van der Waals surface area contributed by atoms with E-state index in [-0.39, 0.29) is 18.0 Å². The van der Waals surface area contributed by atoms with Gasteiger partial charge >= 0.3 is 0 Å². The number of carbonyl (C=O) groups is 1. The summed E-state index contributed by atoms with van der Waals surface area (Å²) in [5.41, 5.74) is 1.33. The van der Waals surface area contributed by atoms with Crippen molar-refractivity contribution in [3.05, 3.63) is 52.5 Å². The molecular weight excluding hydrogens is 256 g/mol. The van der Waals surface area contributed by atoms with Crippen LogP contribution in [0.25, 0.3) is 0 Å². The highest BCUT2D eigenvalue weighted by Gasteiger charge is 2.05. The SMILES string of the molecule is Cc1ncn(CCNC(=O)Cn2cccc2)c(=O)c1C. The molecule has 1 N–H and O–H groups in total. The van der Waals surface area contributed by atoms with Crippen LogP contribution < -0.4 is 10.9 Å². The van der Waals surface area contributed by atoms with Crippen LogP contribution in [-0.4, -0.2) is 26.6 Å². The molecule has 2 heterocycles. The number of aryl methyl sites for hydroxylation is 1. The predicted octanol–water partition coefficient (Wildman–Crippen LogP) is 0.478. The Bertz CT molecular complexity index is 644. The first-order valence-electron chi connectivity index (χ1n) is 6.48. The molecule has 6 nitrogen and oxygen atoms in total. The van der Waals surface area contributed by atoms with Crippen molar-refractivity contribution in [1.29, 1.82) is 0 Å². The molecule has 2 aromatic rings. The molecule has 0 saturated carbocycles. The maximum absolute atomic E-state index is 11.9. The number of hydrogen-bond acceptors (Lipinski definition) is 3. The van der Waals surface area contributed by atoms with Crippen molar-refractivity contribution in [3.8, 4) is 0 Å². The minimum atomic E-state index is -0.0777. The normalized spacial score (nSPS) is 10.5. The van der Waals surface area contributed by atoms with Gasteiger partial charge in [0, 0.05) is 36.7 Å². The van der Waals surface area contributed by atoms with Gasteiger partial charge in [0.2, 0.25) is 5.91 Å². The van der Waals surface area contributed by atoms with Gasteiger partial charge in [0.25, 0.3) is 5.56 Å². The first kappa shape index (κ1) is 14.0. The molecular formula is C14H18N4O2. The Morgan fingerprint density at radius 3 is 2.70 bits per heavy atom. The fourth-order valence-corrected chi connectivity index (χ4v) is 1.85. The molecule has 1 amide bonds. The lowest BCUT2D eigenvalue weighted by Crippen LogP contribution is -2.33. The summed E-state index contributed by atoms with van der Waals surface area (Å²) in [5, 5.41) is 2.78. The molecule has 0 spiro atoms. The topological polar surface area (TPSA) is 68.9 Å². The Hall–Kier alpha value is -2.37. The molecule has 0 saturated heterocycles. The second kappa shape index (κ2) is 6.18. The van der Waals surface area contributed by atoms with Crippen molar-refractivity contribution in [3.63, 3.8) is 0 Å². The Balaban J connectivity index is 1.86. The average Bonchev–Trinajstić information content (AvgIpc) is 2.91. The molecule has 2 rings (SSSR count). The van der Waals surface area contributed by atoms with E-state index in [1.54, 1.807) is 18.4 Å². The van der Waals surface area contributed by atoms with E-state index >= 15 is 0 Å². The molecule has 6 heteroatoms. The lowest BCUT2D eigenvalue weighted by atomic mass is 10.3. The highest BCUT2D eigenvalue weighted by molar-refractivity contribution is 5.75. The van der Waals surface area contributed by atoms with Gasteiger partial charge in [0.1, 0.15) is 6.54 Å². The van der Waals surface area contributed by atoms with Crippen LogP contribution in [0.3, 0.4) is 0 Å². The Labute approximate surface area is 117 Å². The van der Waals surface area contributed by atoms with Gasteiger partial charge in [-0.1, -0.05) is 0 Å². The van der Waals surface area contributed by atoms with Gasteiger partial charge in [-0.3, -0.25) is 14.2 Å². The molecule has 0 atom stereocenters. The number of amides is 1. The average molecular weight is 274 g/mol. The van der Waals surface area contributed by atoms with E-state index in [1.807, 2.05) is 24.5 Å². The number of nitrogens with one attached hydrogen (secondary N) is 1. The van der Waals surface area contributed by atoms with Crippen LogP contribution in [0.2, 0.25) is 0 Å². The number of aromatic nitrogens is 3. The summed E-state index contributed by atoms with van der Waals surface area (Å²) in [6.07, 6.45) is 5.18. The van der Waals surface area contributed by atoms with Crippen molar-refractivity contribution >= 4 is 5.91 Å². The third-order valence-electron chi connectivity index (χ3n) is 3.18. The molecule has 0 aliphatic heterocycles. The molecule has 0 aliphatic rings. The molecule has 0 unspecified atom stereocenters. The Morgan fingerprint density at radius 2 is 2.00 bits per heavy atom. The summed E-state index contributed by atoms with van der Waals surface area (Å²) in [5.74, 6) is -0.0777. The molecule has 0 aromatic carbocycles. The third-order valence-corrected chi connectivity index (χ3v) is 3.18. The molecule has 20 heavy (non-hydrogen) atoms. The summed E-state index contributed by atoms with van der Waals surface area (Å²) in [7, 11) is 0. The zero-order valence-corrected chi connectivity index (χ0v) is 11.7. The molecule has 2 aromatic heterocycles. The van der Waals surface area contributed by atoms with Crippen molar-refractivity contribution in [2.45, 2.75) is 26.9 Å². The number of rotatable bonds is 5. The van der Waals surface area contributed by atoms with E-state index in [9.17, 15) is 9.59 Å². The first-order valence-corrected chi connectivity index (χ1v) is 6.48. The highest BCUT2D eigenvalue weighted by Crippen LogP contribution is 1.94. The third kappa shape index (κ3) is 3.34. The van der Waals surface area contributed by atoms with Gasteiger partial charge in [-0.15, -0.1) is 0 Å². The van der Waals surface area contributed by atoms with Crippen LogP contribution in [0, 0.1) is 13.8 Å². The summed E-state index contributed by atoms with van der Waals surface area (Å²) >= 11 is 0. The van der Waals surface area contributed by atoms with E-state index in [4.69, 9.17) is 0 Å². The number of hydrogen-bond donors (Lipinski definition) is 1. The highest BCUT2D eigenvalue weighted by atomic mass is 16.2. The van der Waals surface area contributed by atoms with Gasteiger partial charge in [-0.05, 0) is 26.0 Å². The van der Waals surface area contributed by atoms with E-state index < -0.39 is 0 Å². The van der Waals surface area contributed by atoms with Crippen LogP contribution >= 0.6 is 0 Å². The van der Waals surface area contributed by atoms with Crippen LogP contribution in [-0.2, 0) is 17.9 Å². The minimum absolute atomic E-state index is 0.0582. The number of nitrogens with zero attached hydrogens (tertiary/aromatic N) is 3. The molecule has 0 fully saturated rings. The molecule has 0 bridgehead atoms. The van der Waals surface area contributed by atoms with Crippen LogP contribution in [0.4, 0.5) is 0 Å². The van der Waals surface area contributed by atoms with Crippen molar-refractivity contribution < 1.29 is 4.79 Å². The maximum Gasteiger partial charge on any atom is 0.256 e. The smallest absolute Gasteiger partial charge is 0.256 e. The van der Waals surface area contributed by atoms with E-state index in [0.717, 1.165) is 5.69 Å². The quantitative estimate of drug-likeness (QED) is 0.862. The maximum atomic E-state index is 11.9. The zero-order chi connectivity index (χ0) is 14.5. The molecule has 0 aliphatic carbocycles. The van der Waals surface area contributed by atoms with E-state index in [0.29, 0.717) is 18.7 Å². The van der Waals surface area contributed by atoms with Gasteiger partial charge in [0.15, 0.2) is 0 Å². The zero-order valence-electron chi connectivity index (χ0n) is 11.7. The Morgan fingerprint density at radius 1 is 1.30 bits per heavy atom. The van der Waals surface area contributed by atoms with Gasteiger partial charge in [0.05, 0.1) is 6.33 Å². The predicted molar refractivity (Wildman–Crippen MR) is 75.4 cm³/mol. The minimum Gasteiger partial charge on any atom is -0.353 e. The van der Waals surface area contributed by atoms with Crippen LogP contribution in [0.1, 0.15) is 11.3 Å². The lowest BCUT2D eigenvalue weighted by molar-refractivity contribution is -0.121. The first-order chi connectivity index (χ1) is 9.58. The van der Waals surface area contributed by atoms with Gasteiger partial charge in [-0.2, -0.15) is 0 Å². The fourth-order valence-electron chi connectivity index (χ4n) is 1.85. The second-order valence-electron chi connectivity index (χ2n) is 4.66. The molecule has 106 valence electrons. The van der Waals surface area contributed by atoms with Crippen LogP contribution in [0.15, 0.2) is 35.6 Å². The van der Waals surface area contributed by atoms with Gasteiger partial charge in [-0.25, -0.2) is 4.98 Å². The summed E-state index contributed by atoms with van der Waals surface area (Å²) in [4.78, 5) is 27.7. The Kier molecular flexibility index (Phi) is 4.34. The summed E-state index contributed by atoms with van der Waals surface area (Å²) in [6, 6.07) is 3.74. The number of carbonyl (C=O) groups excluding carboxylic acids is 1. The standard InChI is InChI=1S/C14H18N4O2/c1-11-12(2)16-10-18(14(11)20)8-5-15-13(19)9-17-6-3-4-7-17/h3-4,6-7,10H,5,8-9H2,1-2H3,(H,15,19). The summed E-state index contributed by atoms with van der Waals surface area (Å²) < 4.78 is 3.30. The van der Waals surface area contributed by atoms with E-state index in [1.165, 1.54) is 10.9 Å². The monoisotopic (exact) mass is 274 g/mol. The molecule has 0 radical (unpaired) electrons. The second-order valence-corrected chi connectivity index (χ2v) is 4.66. The largest absolute Gasteiger partial charge is 0.353 e. The van der Waals surface area contributed by atoms with E-state index in [2.05, 4.69) is 10.3 Å².